The Hall–Kier alpha value is -2.77. The van der Waals surface area contributed by atoms with E-state index >= 15 is 0 Å². The van der Waals surface area contributed by atoms with Gasteiger partial charge < -0.3 is 14.6 Å². The van der Waals surface area contributed by atoms with Gasteiger partial charge >= 0.3 is 5.97 Å². The molecular formula is C25H30O4. The average Bonchev–Trinajstić information content (AvgIpc) is 2.64. The molecule has 2 rings (SSSR count). The number of ether oxygens (including phenoxy) is 2. The Morgan fingerprint density at radius 2 is 2.00 bits per heavy atom. The van der Waals surface area contributed by atoms with E-state index in [2.05, 4.69) is 44.8 Å². The highest BCUT2D eigenvalue weighted by Crippen LogP contribution is 2.42. The second kappa shape index (κ2) is 10.1. The first-order valence-electron chi connectivity index (χ1n) is 9.73. The first-order valence-corrected chi connectivity index (χ1v) is 9.73. The predicted molar refractivity (Wildman–Crippen MR) is 116 cm³/mol. The smallest absolute Gasteiger partial charge is 0.328 e. The highest BCUT2D eigenvalue weighted by atomic mass is 16.5. The second-order valence-electron chi connectivity index (χ2n) is 8.05. The summed E-state index contributed by atoms with van der Waals surface area (Å²) in [5.74, 6) is 6.32. The molecule has 0 aromatic heterocycles. The molecule has 0 aliphatic heterocycles. The molecule has 1 N–H and O–H groups in total. The fourth-order valence-electron chi connectivity index (χ4n) is 3.69. The van der Waals surface area contributed by atoms with Gasteiger partial charge in [-0.15, -0.1) is 0 Å². The van der Waals surface area contributed by atoms with Crippen LogP contribution in [0.25, 0.3) is 0 Å². The van der Waals surface area contributed by atoms with Crippen molar-refractivity contribution in [3.8, 4) is 17.6 Å². The Bertz CT molecular complexity index is 860. The van der Waals surface area contributed by atoms with Gasteiger partial charge in [0.1, 0.15) is 12.4 Å². The molecule has 29 heavy (non-hydrogen) atoms. The predicted octanol–water partition coefficient (Wildman–Crippen LogP) is 5.01. The monoisotopic (exact) mass is 394 g/mol. The number of hydrogen-bond donors (Lipinski definition) is 1. The standard InChI is InChI=1S/C25H30O4/c1-18(15-24(26)27)8-13-23-19(2)16-22(17-25(23,3)4)29-14-6-7-20-9-11-21(28-5)12-10-20/h8-13,15-16,22-23H,14,17H2,1-5H3,(H,26,27)/b13-8+,18-15-/t22-,23+/m1/s1. The third kappa shape index (κ3) is 6.96. The highest BCUT2D eigenvalue weighted by molar-refractivity contribution is 5.81. The zero-order chi connectivity index (χ0) is 21.4. The Kier molecular flexibility index (Phi) is 7.87. The Balaban J connectivity index is 1.99. The molecule has 0 saturated carbocycles. The first kappa shape index (κ1) is 22.5. The van der Waals surface area contributed by atoms with Crippen LogP contribution >= 0.6 is 0 Å². The van der Waals surface area contributed by atoms with Crippen LogP contribution in [0.2, 0.25) is 0 Å². The lowest BCUT2D eigenvalue weighted by Gasteiger charge is -2.40. The number of carbonyl (C=O) groups is 1. The van der Waals surface area contributed by atoms with Gasteiger partial charge in [0.05, 0.1) is 13.2 Å². The molecular weight excluding hydrogens is 364 g/mol. The molecule has 0 fully saturated rings. The van der Waals surface area contributed by atoms with Crippen LogP contribution < -0.4 is 4.74 Å². The van der Waals surface area contributed by atoms with E-state index < -0.39 is 5.97 Å². The lowest BCUT2D eigenvalue weighted by Crippen LogP contribution is -2.34. The fraction of sp³-hybridized carbons (Fsp3) is 0.400. The van der Waals surface area contributed by atoms with Crippen LogP contribution in [-0.4, -0.2) is 30.9 Å². The number of rotatable bonds is 6. The van der Waals surface area contributed by atoms with E-state index in [4.69, 9.17) is 14.6 Å². The zero-order valence-corrected chi connectivity index (χ0v) is 17.9. The van der Waals surface area contributed by atoms with E-state index in [-0.39, 0.29) is 17.4 Å². The fourth-order valence-corrected chi connectivity index (χ4v) is 3.69. The van der Waals surface area contributed by atoms with Crippen molar-refractivity contribution in [2.45, 2.75) is 40.2 Å². The third-order valence-electron chi connectivity index (χ3n) is 5.10. The van der Waals surface area contributed by atoms with Crippen molar-refractivity contribution < 1.29 is 19.4 Å². The average molecular weight is 395 g/mol. The summed E-state index contributed by atoms with van der Waals surface area (Å²) >= 11 is 0. The largest absolute Gasteiger partial charge is 0.497 e. The quantitative estimate of drug-likeness (QED) is 0.319. The molecule has 1 aliphatic carbocycles. The summed E-state index contributed by atoms with van der Waals surface area (Å²) < 4.78 is 11.1. The maximum atomic E-state index is 10.8. The van der Waals surface area contributed by atoms with Crippen LogP contribution in [0.5, 0.6) is 5.75 Å². The lowest BCUT2D eigenvalue weighted by atomic mass is 9.67. The highest BCUT2D eigenvalue weighted by Gasteiger charge is 2.35. The van der Waals surface area contributed by atoms with Gasteiger partial charge in [0.15, 0.2) is 0 Å². The maximum Gasteiger partial charge on any atom is 0.328 e. The summed E-state index contributed by atoms with van der Waals surface area (Å²) in [6.07, 6.45) is 8.27. The van der Waals surface area contributed by atoms with Gasteiger partial charge in [0, 0.05) is 17.6 Å². The van der Waals surface area contributed by atoms with Crippen molar-refractivity contribution in [2.24, 2.45) is 11.3 Å². The summed E-state index contributed by atoms with van der Waals surface area (Å²) in [4.78, 5) is 10.8. The van der Waals surface area contributed by atoms with Crippen LogP contribution in [-0.2, 0) is 9.53 Å². The van der Waals surface area contributed by atoms with Crippen LogP contribution in [0, 0.1) is 23.2 Å². The van der Waals surface area contributed by atoms with E-state index in [1.807, 2.05) is 30.3 Å². The number of aliphatic carboxylic acids is 1. The van der Waals surface area contributed by atoms with Crippen molar-refractivity contribution >= 4 is 5.97 Å². The minimum Gasteiger partial charge on any atom is -0.497 e. The molecule has 0 saturated heterocycles. The molecule has 1 aliphatic rings. The molecule has 0 heterocycles. The third-order valence-corrected chi connectivity index (χ3v) is 5.10. The maximum absolute atomic E-state index is 10.8. The normalized spacial score (nSPS) is 21.3. The molecule has 0 amide bonds. The van der Waals surface area contributed by atoms with Gasteiger partial charge in [-0.25, -0.2) is 4.79 Å². The molecule has 0 spiro atoms. The van der Waals surface area contributed by atoms with E-state index in [9.17, 15) is 4.79 Å². The number of allylic oxidation sites excluding steroid dienone is 4. The number of carboxylic acids is 1. The van der Waals surface area contributed by atoms with Crippen molar-refractivity contribution in [2.75, 3.05) is 13.7 Å². The molecule has 2 atom stereocenters. The molecule has 0 radical (unpaired) electrons. The summed E-state index contributed by atoms with van der Waals surface area (Å²) in [5, 5.41) is 8.85. The van der Waals surface area contributed by atoms with Gasteiger partial charge in [0.2, 0.25) is 0 Å². The molecule has 4 heteroatoms. The second-order valence-corrected chi connectivity index (χ2v) is 8.05. The van der Waals surface area contributed by atoms with Gasteiger partial charge in [-0.05, 0) is 55.5 Å². The lowest BCUT2D eigenvalue weighted by molar-refractivity contribution is -0.131. The molecule has 1 aromatic rings. The van der Waals surface area contributed by atoms with Crippen LogP contribution in [0.1, 0.15) is 39.7 Å². The number of benzene rings is 1. The molecule has 0 unspecified atom stereocenters. The summed E-state index contributed by atoms with van der Waals surface area (Å²) in [7, 11) is 1.64. The van der Waals surface area contributed by atoms with Crippen LogP contribution in [0.15, 0.2) is 59.7 Å². The van der Waals surface area contributed by atoms with Crippen molar-refractivity contribution in [3.63, 3.8) is 0 Å². The Labute approximate surface area is 173 Å². The van der Waals surface area contributed by atoms with E-state index in [1.54, 1.807) is 14.0 Å². The van der Waals surface area contributed by atoms with Crippen LogP contribution in [0.3, 0.4) is 0 Å². The number of methoxy groups -OCH3 is 1. The summed E-state index contributed by atoms with van der Waals surface area (Å²) in [5.41, 5.74) is 2.90. The summed E-state index contributed by atoms with van der Waals surface area (Å²) in [6.45, 7) is 8.71. The molecule has 0 bridgehead atoms. The zero-order valence-electron chi connectivity index (χ0n) is 17.9. The SMILES string of the molecule is COc1ccc(C#CCO[C@@H]2C=C(C)[C@H](/C=C/C(C)=C\C(=O)O)C(C)(C)C2)cc1. The van der Waals surface area contributed by atoms with Gasteiger partial charge in [0.25, 0.3) is 0 Å². The van der Waals surface area contributed by atoms with Gasteiger partial charge in [-0.1, -0.05) is 49.5 Å². The minimum absolute atomic E-state index is 0.00686. The van der Waals surface area contributed by atoms with E-state index in [0.717, 1.165) is 23.3 Å². The topological polar surface area (TPSA) is 55.8 Å². The Morgan fingerprint density at radius 1 is 1.31 bits per heavy atom. The van der Waals surface area contributed by atoms with Crippen molar-refractivity contribution in [1.29, 1.82) is 0 Å². The van der Waals surface area contributed by atoms with Crippen molar-refractivity contribution in [3.05, 3.63) is 65.3 Å². The van der Waals surface area contributed by atoms with Crippen molar-refractivity contribution in [1.82, 2.24) is 0 Å². The minimum atomic E-state index is -0.925. The van der Waals surface area contributed by atoms with Gasteiger partial charge in [-0.3, -0.25) is 0 Å². The van der Waals surface area contributed by atoms with E-state index in [1.165, 1.54) is 11.6 Å². The Morgan fingerprint density at radius 3 is 2.59 bits per heavy atom. The van der Waals surface area contributed by atoms with Crippen LogP contribution in [0.4, 0.5) is 0 Å². The number of carboxylic acid groups (broad SMARTS) is 1. The first-order chi connectivity index (χ1) is 13.7. The number of hydrogen-bond acceptors (Lipinski definition) is 3. The summed E-state index contributed by atoms with van der Waals surface area (Å²) in [6, 6.07) is 7.64. The molecule has 1 aromatic carbocycles. The molecule has 4 nitrogen and oxygen atoms in total. The van der Waals surface area contributed by atoms with Gasteiger partial charge in [-0.2, -0.15) is 0 Å². The van der Waals surface area contributed by atoms with E-state index in [0.29, 0.717) is 6.61 Å². The molecule has 154 valence electrons.